The zero-order valence-electron chi connectivity index (χ0n) is 13.1. The Labute approximate surface area is 139 Å². The van der Waals surface area contributed by atoms with Gasteiger partial charge in [0.15, 0.2) is 0 Å². The molecule has 0 spiro atoms. The van der Waals surface area contributed by atoms with Crippen molar-refractivity contribution in [2.75, 3.05) is 7.11 Å². The molecule has 6 nitrogen and oxygen atoms in total. The van der Waals surface area contributed by atoms with Gasteiger partial charge in [-0.3, -0.25) is 4.79 Å². The van der Waals surface area contributed by atoms with Crippen molar-refractivity contribution >= 4 is 17.8 Å². The van der Waals surface area contributed by atoms with Gasteiger partial charge in [0, 0.05) is 12.0 Å². The molecule has 2 rings (SSSR count). The monoisotopic (exact) mass is 327 g/mol. The van der Waals surface area contributed by atoms with E-state index in [1.54, 1.807) is 24.3 Å². The second-order valence-corrected chi connectivity index (χ2v) is 5.13. The highest BCUT2D eigenvalue weighted by Gasteiger charge is 2.21. The van der Waals surface area contributed by atoms with Gasteiger partial charge in [-0.15, -0.1) is 0 Å². The Morgan fingerprint density at radius 2 is 1.71 bits per heavy atom. The van der Waals surface area contributed by atoms with Crippen molar-refractivity contribution in [1.29, 1.82) is 0 Å². The lowest BCUT2D eigenvalue weighted by Crippen LogP contribution is -2.42. The van der Waals surface area contributed by atoms with Crippen molar-refractivity contribution in [1.82, 2.24) is 5.32 Å². The third-order valence-electron chi connectivity index (χ3n) is 3.43. The summed E-state index contributed by atoms with van der Waals surface area (Å²) in [4.78, 5) is 35.2. The third-order valence-corrected chi connectivity index (χ3v) is 3.43. The normalized spacial score (nSPS) is 11.4. The summed E-state index contributed by atoms with van der Waals surface area (Å²) in [6.07, 6.45) is 0.165. The van der Waals surface area contributed by atoms with Crippen molar-refractivity contribution < 1.29 is 24.2 Å². The van der Waals surface area contributed by atoms with Crippen molar-refractivity contribution in [3.63, 3.8) is 0 Å². The second-order valence-electron chi connectivity index (χ2n) is 5.13. The summed E-state index contributed by atoms with van der Waals surface area (Å²) in [7, 11) is 1.25. The molecule has 0 fully saturated rings. The zero-order valence-corrected chi connectivity index (χ0v) is 13.1. The predicted octanol–water partition coefficient (Wildman–Crippen LogP) is 1.90. The molecule has 1 amide bonds. The van der Waals surface area contributed by atoms with E-state index in [1.807, 2.05) is 6.07 Å². The molecule has 0 saturated heterocycles. The van der Waals surface area contributed by atoms with Gasteiger partial charge in [0.25, 0.3) is 5.91 Å². The Morgan fingerprint density at radius 1 is 1.04 bits per heavy atom. The Bertz CT molecular complexity index is 742. The van der Waals surface area contributed by atoms with Crippen LogP contribution >= 0.6 is 0 Å². The summed E-state index contributed by atoms with van der Waals surface area (Å²) < 4.78 is 4.60. The fraction of sp³-hybridized carbons (Fsp3) is 0.167. The third kappa shape index (κ3) is 4.42. The Morgan fingerprint density at radius 3 is 2.33 bits per heavy atom. The molecule has 24 heavy (non-hydrogen) atoms. The lowest BCUT2D eigenvalue weighted by atomic mass is 10.0. The minimum Gasteiger partial charge on any atom is -0.480 e. The van der Waals surface area contributed by atoms with Crippen LogP contribution in [0.5, 0.6) is 0 Å². The minimum atomic E-state index is -1.13. The van der Waals surface area contributed by atoms with Gasteiger partial charge in [-0.1, -0.05) is 36.4 Å². The lowest BCUT2D eigenvalue weighted by molar-refractivity contribution is -0.139. The number of nitrogens with one attached hydrogen (secondary N) is 1. The number of esters is 1. The fourth-order valence-electron chi connectivity index (χ4n) is 2.20. The maximum absolute atomic E-state index is 12.3. The summed E-state index contributed by atoms with van der Waals surface area (Å²) in [5.74, 6) is -2.26. The van der Waals surface area contributed by atoms with Crippen LogP contribution < -0.4 is 5.32 Å². The van der Waals surface area contributed by atoms with E-state index in [-0.39, 0.29) is 17.5 Å². The van der Waals surface area contributed by atoms with Crippen LogP contribution in [0.2, 0.25) is 0 Å². The van der Waals surface area contributed by atoms with E-state index in [9.17, 15) is 19.5 Å². The summed E-state index contributed by atoms with van der Waals surface area (Å²) in [6.45, 7) is 0. The van der Waals surface area contributed by atoms with Crippen molar-refractivity contribution in [2.45, 2.75) is 12.5 Å². The minimum absolute atomic E-state index is 0.165. The van der Waals surface area contributed by atoms with E-state index in [0.717, 1.165) is 5.56 Å². The average molecular weight is 327 g/mol. The summed E-state index contributed by atoms with van der Waals surface area (Å²) in [5.41, 5.74) is 1.21. The molecule has 6 heteroatoms. The van der Waals surface area contributed by atoms with Crippen molar-refractivity contribution in [2.24, 2.45) is 0 Å². The highest BCUT2D eigenvalue weighted by atomic mass is 16.5. The van der Waals surface area contributed by atoms with Crippen LogP contribution in [0.3, 0.4) is 0 Å². The maximum atomic E-state index is 12.3. The number of hydrogen-bond acceptors (Lipinski definition) is 4. The van der Waals surface area contributed by atoms with Gasteiger partial charge >= 0.3 is 11.9 Å². The molecular formula is C18H17NO5. The SMILES string of the molecule is COC(=O)c1cccc(C(=O)NC(Cc2ccccc2)C(=O)O)c1. The van der Waals surface area contributed by atoms with E-state index in [0.29, 0.717) is 0 Å². The first-order valence-electron chi connectivity index (χ1n) is 7.27. The van der Waals surface area contributed by atoms with E-state index in [2.05, 4.69) is 10.1 Å². The number of amides is 1. The molecule has 2 aromatic carbocycles. The van der Waals surface area contributed by atoms with Gasteiger partial charge in [0.1, 0.15) is 6.04 Å². The topological polar surface area (TPSA) is 92.7 Å². The van der Waals surface area contributed by atoms with Gasteiger partial charge in [0.2, 0.25) is 0 Å². The summed E-state index contributed by atoms with van der Waals surface area (Å²) in [6, 6.07) is 13.9. The molecule has 0 aliphatic rings. The largest absolute Gasteiger partial charge is 0.480 e. The smallest absolute Gasteiger partial charge is 0.337 e. The van der Waals surface area contributed by atoms with Crippen LogP contribution in [0.15, 0.2) is 54.6 Å². The van der Waals surface area contributed by atoms with Gasteiger partial charge in [-0.25, -0.2) is 9.59 Å². The van der Waals surface area contributed by atoms with Crippen LogP contribution in [-0.4, -0.2) is 36.1 Å². The van der Waals surface area contributed by atoms with Crippen molar-refractivity contribution in [3.8, 4) is 0 Å². The quantitative estimate of drug-likeness (QED) is 0.791. The second kappa shape index (κ2) is 7.92. The first kappa shape index (κ1) is 17.2. The molecule has 124 valence electrons. The number of methoxy groups -OCH3 is 1. The Hall–Kier alpha value is -3.15. The molecule has 0 heterocycles. The standard InChI is InChI=1S/C18H17NO5/c1-24-18(23)14-9-5-8-13(11-14)16(20)19-15(17(21)22)10-12-6-3-2-4-7-12/h2-9,11,15H,10H2,1H3,(H,19,20)(H,21,22). The molecule has 0 saturated carbocycles. The van der Waals surface area contributed by atoms with Gasteiger partial charge in [-0.2, -0.15) is 0 Å². The number of hydrogen-bond donors (Lipinski definition) is 2. The summed E-state index contributed by atoms with van der Waals surface area (Å²) >= 11 is 0. The molecule has 0 radical (unpaired) electrons. The molecule has 1 atom stereocenters. The summed E-state index contributed by atoms with van der Waals surface area (Å²) in [5, 5.41) is 11.8. The number of benzene rings is 2. The number of rotatable bonds is 6. The lowest BCUT2D eigenvalue weighted by Gasteiger charge is -2.15. The van der Waals surface area contributed by atoms with Gasteiger partial charge in [-0.05, 0) is 23.8 Å². The van der Waals surface area contributed by atoms with Crippen LogP contribution in [0.1, 0.15) is 26.3 Å². The van der Waals surface area contributed by atoms with Crippen LogP contribution in [0.25, 0.3) is 0 Å². The van der Waals surface area contributed by atoms with Crippen LogP contribution in [0.4, 0.5) is 0 Å². The highest BCUT2D eigenvalue weighted by Crippen LogP contribution is 2.09. The number of carbonyl (C=O) groups is 3. The van der Waals surface area contributed by atoms with E-state index >= 15 is 0 Å². The van der Waals surface area contributed by atoms with Crippen molar-refractivity contribution in [3.05, 3.63) is 71.3 Å². The first-order chi connectivity index (χ1) is 11.5. The van der Waals surface area contributed by atoms with Gasteiger partial charge in [0.05, 0.1) is 12.7 Å². The molecule has 0 bridgehead atoms. The predicted molar refractivity (Wildman–Crippen MR) is 86.8 cm³/mol. The average Bonchev–Trinajstić information content (AvgIpc) is 2.61. The number of ether oxygens (including phenoxy) is 1. The zero-order chi connectivity index (χ0) is 17.5. The number of carbonyl (C=O) groups excluding carboxylic acids is 2. The van der Waals surface area contributed by atoms with Gasteiger partial charge < -0.3 is 15.2 Å². The Kier molecular flexibility index (Phi) is 5.68. The highest BCUT2D eigenvalue weighted by molar-refractivity contribution is 5.99. The van der Waals surface area contributed by atoms with E-state index in [4.69, 9.17) is 0 Å². The number of aliphatic carboxylic acids is 1. The first-order valence-corrected chi connectivity index (χ1v) is 7.27. The van der Waals surface area contributed by atoms with Crippen LogP contribution in [0, 0.1) is 0 Å². The number of carboxylic acids is 1. The molecule has 0 aliphatic heterocycles. The van der Waals surface area contributed by atoms with E-state index in [1.165, 1.54) is 31.4 Å². The molecule has 1 unspecified atom stereocenters. The number of carboxylic acid groups (broad SMARTS) is 1. The Balaban J connectivity index is 2.13. The molecular weight excluding hydrogens is 310 g/mol. The fourth-order valence-corrected chi connectivity index (χ4v) is 2.20. The van der Waals surface area contributed by atoms with Crippen LogP contribution in [-0.2, 0) is 16.0 Å². The molecule has 2 aromatic rings. The van der Waals surface area contributed by atoms with E-state index < -0.39 is 23.9 Å². The maximum Gasteiger partial charge on any atom is 0.337 e. The molecule has 0 aromatic heterocycles. The molecule has 0 aliphatic carbocycles. The molecule has 2 N–H and O–H groups in total.